The number of fused-ring (bicyclic) bond motifs is 1. The first-order valence-electron chi connectivity index (χ1n) is 10.3. The number of aromatic nitrogens is 4. The van der Waals surface area contributed by atoms with Crippen molar-refractivity contribution in [2.24, 2.45) is 4.99 Å². The lowest BCUT2D eigenvalue weighted by Gasteiger charge is -2.15. The van der Waals surface area contributed by atoms with E-state index in [2.05, 4.69) is 44.3 Å². The Bertz CT molecular complexity index is 1070. The van der Waals surface area contributed by atoms with E-state index in [9.17, 15) is 5.11 Å². The minimum Gasteiger partial charge on any atom is -0.390 e. The third-order valence-corrected chi connectivity index (χ3v) is 4.84. The monoisotopic (exact) mass is 419 g/mol. The topological polar surface area (TPSA) is 120 Å². The second-order valence-electron chi connectivity index (χ2n) is 8.47. The Hall–Kier alpha value is -3.26. The van der Waals surface area contributed by atoms with Crippen LogP contribution in [0.15, 0.2) is 41.7 Å². The molecular formula is C23H29N7O. The normalized spacial score (nSPS) is 13.1. The lowest BCUT2D eigenvalue weighted by atomic mass is 10.0. The van der Waals surface area contributed by atoms with Gasteiger partial charge in [-0.25, -0.2) is 4.98 Å². The highest BCUT2D eigenvalue weighted by Crippen LogP contribution is 2.22. The van der Waals surface area contributed by atoms with Crippen molar-refractivity contribution in [1.82, 2.24) is 20.2 Å². The third-order valence-electron chi connectivity index (χ3n) is 4.84. The highest BCUT2D eigenvalue weighted by Gasteiger charge is 2.12. The number of hydrogen-bond acceptors (Lipinski definition) is 8. The molecule has 0 radical (unpaired) electrons. The van der Waals surface area contributed by atoms with Crippen LogP contribution in [0.2, 0.25) is 0 Å². The maximum absolute atomic E-state index is 9.80. The van der Waals surface area contributed by atoms with Crippen molar-refractivity contribution < 1.29 is 5.11 Å². The summed E-state index contributed by atoms with van der Waals surface area (Å²) in [6.45, 7) is 8.22. The van der Waals surface area contributed by atoms with E-state index in [0.29, 0.717) is 36.0 Å². The van der Waals surface area contributed by atoms with Gasteiger partial charge in [-0.05, 0) is 61.6 Å². The molecule has 1 atom stereocenters. The fourth-order valence-electron chi connectivity index (χ4n) is 2.92. The molecule has 0 amide bonds. The van der Waals surface area contributed by atoms with Gasteiger partial charge in [-0.1, -0.05) is 13.8 Å². The summed E-state index contributed by atoms with van der Waals surface area (Å²) < 4.78 is 0. The number of hydrogen-bond donors (Lipinski definition) is 3. The molecule has 162 valence electrons. The Morgan fingerprint density at radius 3 is 2.65 bits per heavy atom. The second-order valence-corrected chi connectivity index (χ2v) is 8.47. The molecule has 8 nitrogen and oxygen atoms in total. The minimum atomic E-state index is -0.756. The van der Waals surface area contributed by atoms with Crippen LogP contribution < -0.4 is 5.32 Å². The van der Waals surface area contributed by atoms with E-state index in [0.717, 1.165) is 16.6 Å². The van der Waals surface area contributed by atoms with Crippen molar-refractivity contribution in [2.45, 2.75) is 51.6 Å². The average molecular weight is 420 g/mol. The second kappa shape index (κ2) is 9.70. The van der Waals surface area contributed by atoms with Gasteiger partial charge in [-0.15, -0.1) is 5.10 Å². The number of nitrogens with zero attached hydrogens (tertiary/aromatic N) is 5. The van der Waals surface area contributed by atoms with Crippen molar-refractivity contribution in [2.75, 3.05) is 11.9 Å². The van der Waals surface area contributed by atoms with Gasteiger partial charge in [-0.3, -0.25) is 9.98 Å². The predicted octanol–water partition coefficient (Wildman–Crippen LogP) is 4.25. The number of aliphatic hydroxyl groups is 1. The van der Waals surface area contributed by atoms with Gasteiger partial charge in [0.2, 0.25) is 0 Å². The van der Waals surface area contributed by atoms with Gasteiger partial charge in [-0.2, -0.15) is 5.10 Å². The first-order chi connectivity index (χ1) is 14.7. The van der Waals surface area contributed by atoms with E-state index in [1.54, 1.807) is 32.5 Å². The summed E-state index contributed by atoms with van der Waals surface area (Å²) in [5.41, 5.74) is 2.65. The Kier molecular flexibility index (Phi) is 7.02. The van der Waals surface area contributed by atoms with Crippen LogP contribution in [0.5, 0.6) is 0 Å². The number of nitrogens with one attached hydrogen (secondary N) is 2. The molecule has 0 aliphatic carbocycles. The SMILES string of the molecule is CC(C)c1cnnc(Nc2ccc3ncc(C(C=N)C=NCCC(C)(C)O)cc3n2)c1. The van der Waals surface area contributed by atoms with Crippen molar-refractivity contribution >= 4 is 35.1 Å². The number of anilines is 2. The van der Waals surface area contributed by atoms with Gasteiger partial charge < -0.3 is 15.8 Å². The smallest absolute Gasteiger partial charge is 0.154 e. The van der Waals surface area contributed by atoms with Crippen LogP contribution in [-0.2, 0) is 0 Å². The molecule has 31 heavy (non-hydrogen) atoms. The van der Waals surface area contributed by atoms with Gasteiger partial charge in [0, 0.05) is 25.2 Å². The standard InChI is InChI=1S/C23H29N7O/c1-15(2)16-10-22(30-27-14-16)29-21-6-5-19-20(28-21)9-17(13-26-19)18(11-24)12-25-8-7-23(3,4)31/h5-6,9-15,18,24,31H,7-8H2,1-4H3,(H,28,29,30). The molecule has 3 N–H and O–H groups in total. The van der Waals surface area contributed by atoms with Crippen LogP contribution in [0.3, 0.4) is 0 Å². The average Bonchev–Trinajstić information content (AvgIpc) is 2.73. The number of rotatable bonds is 9. The molecule has 0 saturated heterocycles. The molecule has 3 heterocycles. The molecule has 3 rings (SSSR count). The van der Waals surface area contributed by atoms with Crippen molar-refractivity contribution in [3.63, 3.8) is 0 Å². The molecule has 3 aromatic heterocycles. The molecule has 0 saturated carbocycles. The minimum absolute atomic E-state index is 0.300. The fourth-order valence-corrected chi connectivity index (χ4v) is 2.92. The summed E-state index contributed by atoms with van der Waals surface area (Å²) in [4.78, 5) is 13.5. The van der Waals surface area contributed by atoms with E-state index >= 15 is 0 Å². The van der Waals surface area contributed by atoms with Gasteiger partial charge in [0.25, 0.3) is 0 Å². The van der Waals surface area contributed by atoms with Gasteiger partial charge >= 0.3 is 0 Å². The van der Waals surface area contributed by atoms with E-state index < -0.39 is 5.60 Å². The van der Waals surface area contributed by atoms with Gasteiger partial charge in [0.1, 0.15) is 5.82 Å². The number of aliphatic imine (C=N–C) groups is 1. The van der Waals surface area contributed by atoms with Crippen molar-refractivity contribution in [3.8, 4) is 0 Å². The Morgan fingerprint density at radius 1 is 1.13 bits per heavy atom. The first-order valence-corrected chi connectivity index (χ1v) is 10.3. The van der Waals surface area contributed by atoms with E-state index in [-0.39, 0.29) is 5.92 Å². The Labute approximate surface area is 182 Å². The summed E-state index contributed by atoms with van der Waals surface area (Å²) in [7, 11) is 0. The molecule has 0 bridgehead atoms. The lowest BCUT2D eigenvalue weighted by Crippen LogP contribution is -2.19. The molecule has 3 aromatic rings. The Morgan fingerprint density at radius 2 is 1.94 bits per heavy atom. The summed E-state index contributed by atoms with van der Waals surface area (Å²) in [6.07, 6.45) is 7.11. The van der Waals surface area contributed by atoms with E-state index in [1.807, 2.05) is 24.3 Å². The highest BCUT2D eigenvalue weighted by atomic mass is 16.3. The van der Waals surface area contributed by atoms with Crippen LogP contribution >= 0.6 is 0 Å². The van der Waals surface area contributed by atoms with E-state index in [4.69, 9.17) is 5.41 Å². The van der Waals surface area contributed by atoms with Crippen molar-refractivity contribution in [3.05, 3.63) is 47.8 Å². The summed E-state index contributed by atoms with van der Waals surface area (Å²) in [5.74, 6) is 1.34. The van der Waals surface area contributed by atoms with Crippen LogP contribution in [0.4, 0.5) is 11.6 Å². The molecule has 0 aliphatic rings. The largest absolute Gasteiger partial charge is 0.390 e. The molecule has 0 aliphatic heterocycles. The predicted molar refractivity (Wildman–Crippen MR) is 125 cm³/mol. The molecule has 8 heteroatoms. The molecule has 0 aromatic carbocycles. The quantitative estimate of drug-likeness (QED) is 0.446. The van der Waals surface area contributed by atoms with Crippen LogP contribution in [-0.4, -0.2) is 49.8 Å². The Balaban J connectivity index is 1.80. The number of pyridine rings is 2. The maximum Gasteiger partial charge on any atom is 0.154 e. The van der Waals surface area contributed by atoms with Crippen LogP contribution in [0, 0.1) is 5.41 Å². The molecular weight excluding hydrogens is 390 g/mol. The van der Waals surface area contributed by atoms with Crippen LogP contribution in [0.1, 0.15) is 57.1 Å². The molecule has 0 fully saturated rings. The third kappa shape index (κ3) is 6.36. The maximum atomic E-state index is 9.80. The highest BCUT2D eigenvalue weighted by molar-refractivity contribution is 5.90. The fraction of sp³-hybridized carbons (Fsp3) is 0.391. The zero-order valence-corrected chi connectivity index (χ0v) is 18.4. The molecule has 0 spiro atoms. The summed E-state index contributed by atoms with van der Waals surface area (Å²) >= 11 is 0. The summed E-state index contributed by atoms with van der Waals surface area (Å²) in [6, 6.07) is 7.63. The first kappa shape index (κ1) is 22.4. The van der Waals surface area contributed by atoms with Gasteiger partial charge in [0.15, 0.2) is 5.82 Å². The lowest BCUT2D eigenvalue weighted by molar-refractivity contribution is 0.0739. The van der Waals surface area contributed by atoms with Crippen LogP contribution in [0.25, 0.3) is 11.0 Å². The zero-order valence-electron chi connectivity index (χ0n) is 18.4. The van der Waals surface area contributed by atoms with E-state index in [1.165, 1.54) is 6.21 Å². The summed E-state index contributed by atoms with van der Waals surface area (Å²) in [5, 5.41) is 29.0. The van der Waals surface area contributed by atoms with Crippen molar-refractivity contribution in [1.29, 1.82) is 5.41 Å². The van der Waals surface area contributed by atoms with Gasteiger partial charge in [0.05, 0.1) is 28.7 Å². The molecule has 1 unspecified atom stereocenters. The zero-order chi connectivity index (χ0) is 22.4.